The van der Waals surface area contributed by atoms with Gasteiger partial charge in [-0.3, -0.25) is 0 Å². The van der Waals surface area contributed by atoms with Crippen molar-refractivity contribution in [2.45, 2.75) is 6.42 Å². The van der Waals surface area contributed by atoms with Gasteiger partial charge in [0, 0.05) is 13.7 Å². The molecule has 1 nitrogen and oxygen atoms in total. The van der Waals surface area contributed by atoms with E-state index >= 15 is 0 Å². The molecule has 41 valence electrons. The summed E-state index contributed by atoms with van der Waals surface area (Å²) in [7, 11) is 1.69. The molecule has 0 saturated carbocycles. The molecule has 1 heteroatoms. The average molecular weight is 99.2 g/mol. The van der Waals surface area contributed by atoms with E-state index in [4.69, 9.17) is 4.74 Å². The molecule has 0 fully saturated rings. The Balaban J connectivity index is 2.69. The smallest absolute Gasteiger partial charge is 0.0496 e. The predicted octanol–water partition coefficient (Wildman–Crippen LogP) is 1.41. The van der Waals surface area contributed by atoms with Gasteiger partial charge in [-0.1, -0.05) is 12.2 Å². The second kappa shape index (κ2) is 5.70. The maximum Gasteiger partial charge on any atom is 0.0496 e. The zero-order chi connectivity index (χ0) is 5.54. The van der Waals surface area contributed by atoms with Crippen molar-refractivity contribution in [2.24, 2.45) is 0 Å². The molecule has 0 aromatic rings. The minimum atomic E-state index is 0.798. The van der Waals surface area contributed by atoms with Crippen molar-refractivity contribution in [1.82, 2.24) is 0 Å². The van der Waals surface area contributed by atoms with Crippen LogP contribution in [0.2, 0.25) is 0 Å². The molecule has 0 aromatic carbocycles. The van der Waals surface area contributed by atoms with Crippen LogP contribution in [-0.4, -0.2) is 13.7 Å². The van der Waals surface area contributed by atoms with E-state index in [0.29, 0.717) is 0 Å². The van der Waals surface area contributed by atoms with Gasteiger partial charge in [0.15, 0.2) is 0 Å². The minimum Gasteiger partial charge on any atom is -0.384 e. The Bertz CT molecular complexity index is 48.1. The normalized spacial score (nSPS) is 10.6. The molecule has 0 N–H and O–H groups in total. The van der Waals surface area contributed by atoms with Crippen molar-refractivity contribution in [3.8, 4) is 0 Å². The SMILES string of the molecule is [CH2]/C=C/CCOC. The fraction of sp³-hybridized carbons (Fsp3) is 0.500. The van der Waals surface area contributed by atoms with Gasteiger partial charge in [-0.25, -0.2) is 0 Å². The van der Waals surface area contributed by atoms with Crippen LogP contribution in [0.15, 0.2) is 12.2 Å². The van der Waals surface area contributed by atoms with Crippen molar-refractivity contribution in [2.75, 3.05) is 13.7 Å². The molecule has 0 rings (SSSR count). The quantitative estimate of drug-likeness (QED) is 0.486. The van der Waals surface area contributed by atoms with E-state index in [1.165, 1.54) is 0 Å². The lowest BCUT2D eigenvalue weighted by atomic mass is 10.4. The third-order valence-electron chi connectivity index (χ3n) is 0.655. The van der Waals surface area contributed by atoms with Crippen LogP contribution in [0.25, 0.3) is 0 Å². The lowest BCUT2D eigenvalue weighted by molar-refractivity contribution is 0.204. The van der Waals surface area contributed by atoms with Gasteiger partial charge in [0.05, 0.1) is 0 Å². The number of methoxy groups -OCH3 is 1. The second-order valence-electron chi connectivity index (χ2n) is 1.25. The zero-order valence-electron chi connectivity index (χ0n) is 4.68. The van der Waals surface area contributed by atoms with Gasteiger partial charge in [0.25, 0.3) is 0 Å². The van der Waals surface area contributed by atoms with Crippen molar-refractivity contribution >= 4 is 0 Å². The maximum atomic E-state index is 4.76. The first-order chi connectivity index (χ1) is 3.41. The monoisotopic (exact) mass is 99.1 g/mol. The molecule has 0 aliphatic rings. The average Bonchev–Trinajstić information content (AvgIpc) is 1.69. The van der Waals surface area contributed by atoms with Crippen LogP contribution >= 0.6 is 0 Å². The van der Waals surface area contributed by atoms with Crippen LogP contribution in [-0.2, 0) is 4.74 Å². The highest BCUT2D eigenvalue weighted by Crippen LogP contribution is 1.80. The summed E-state index contributed by atoms with van der Waals surface area (Å²) in [5, 5.41) is 0. The lowest BCUT2D eigenvalue weighted by Crippen LogP contribution is -1.82. The summed E-state index contributed by atoms with van der Waals surface area (Å²) >= 11 is 0. The fourth-order valence-corrected chi connectivity index (χ4v) is 0.304. The Morgan fingerprint density at radius 3 is 2.86 bits per heavy atom. The molecular weight excluding hydrogens is 88.1 g/mol. The predicted molar refractivity (Wildman–Crippen MR) is 31.0 cm³/mol. The summed E-state index contributed by atoms with van der Waals surface area (Å²) in [5.74, 6) is 0. The van der Waals surface area contributed by atoms with Crippen molar-refractivity contribution in [3.05, 3.63) is 19.1 Å². The first-order valence-corrected chi connectivity index (χ1v) is 2.35. The van der Waals surface area contributed by atoms with Gasteiger partial charge >= 0.3 is 0 Å². The largest absolute Gasteiger partial charge is 0.384 e. The van der Waals surface area contributed by atoms with Crippen LogP contribution < -0.4 is 0 Å². The summed E-state index contributed by atoms with van der Waals surface area (Å²) in [6.07, 6.45) is 4.72. The molecule has 0 atom stereocenters. The van der Waals surface area contributed by atoms with Crippen LogP contribution in [0.4, 0.5) is 0 Å². The number of hydrogen-bond donors (Lipinski definition) is 0. The van der Waals surface area contributed by atoms with Gasteiger partial charge in [-0.05, 0) is 13.3 Å². The molecule has 1 radical (unpaired) electrons. The van der Waals surface area contributed by atoms with E-state index in [1.807, 2.05) is 6.08 Å². The van der Waals surface area contributed by atoms with E-state index in [9.17, 15) is 0 Å². The van der Waals surface area contributed by atoms with E-state index in [2.05, 4.69) is 6.92 Å². The second-order valence-corrected chi connectivity index (χ2v) is 1.25. The molecule has 0 aliphatic carbocycles. The highest BCUT2D eigenvalue weighted by atomic mass is 16.5. The summed E-state index contributed by atoms with van der Waals surface area (Å²) in [4.78, 5) is 0. The van der Waals surface area contributed by atoms with Crippen LogP contribution in [0.5, 0.6) is 0 Å². The molecule has 0 aromatic heterocycles. The van der Waals surface area contributed by atoms with Gasteiger partial charge in [-0.2, -0.15) is 0 Å². The van der Waals surface area contributed by atoms with Crippen molar-refractivity contribution in [1.29, 1.82) is 0 Å². The zero-order valence-corrected chi connectivity index (χ0v) is 4.68. The summed E-state index contributed by atoms with van der Waals surface area (Å²) in [5.41, 5.74) is 0. The molecule has 0 unspecified atom stereocenters. The van der Waals surface area contributed by atoms with Gasteiger partial charge in [0.1, 0.15) is 0 Å². The third kappa shape index (κ3) is 5.70. The van der Waals surface area contributed by atoms with Crippen molar-refractivity contribution in [3.63, 3.8) is 0 Å². The lowest BCUT2D eigenvalue weighted by Gasteiger charge is -1.87. The Hall–Kier alpha value is -0.300. The molecular formula is C6H11O. The molecule has 0 spiro atoms. The Morgan fingerprint density at radius 1 is 1.71 bits per heavy atom. The number of ether oxygens (including phenoxy) is 1. The van der Waals surface area contributed by atoms with Gasteiger partial charge in [0.2, 0.25) is 0 Å². The first kappa shape index (κ1) is 6.70. The maximum absolute atomic E-state index is 4.76. The van der Waals surface area contributed by atoms with Gasteiger partial charge in [-0.15, -0.1) is 0 Å². The molecule has 0 aliphatic heterocycles. The summed E-state index contributed by atoms with van der Waals surface area (Å²) in [6, 6.07) is 0. The van der Waals surface area contributed by atoms with Crippen molar-refractivity contribution < 1.29 is 4.74 Å². The third-order valence-corrected chi connectivity index (χ3v) is 0.655. The molecule has 7 heavy (non-hydrogen) atoms. The van der Waals surface area contributed by atoms with E-state index in [-0.39, 0.29) is 0 Å². The fourth-order valence-electron chi connectivity index (χ4n) is 0.304. The molecule has 0 heterocycles. The van der Waals surface area contributed by atoms with E-state index in [1.54, 1.807) is 13.2 Å². The summed E-state index contributed by atoms with van der Waals surface area (Å²) < 4.78 is 4.76. The molecule has 0 bridgehead atoms. The molecule has 0 saturated heterocycles. The Morgan fingerprint density at radius 2 is 2.43 bits per heavy atom. The summed E-state index contributed by atoms with van der Waals surface area (Å²) in [6.45, 7) is 4.32. The van der Waals surface area contributed by atoms with Crippen LogP contribution in [0, 0.1) is 6.92 Å². The topological polar surface area (TPSA) is 9.23 Å². The van der Waals surface area contributed by atoms with Crippen LogP contribution in [0.3, 0.4) is 0 Å². The standard InChI is InChI=1S/C6H11O/c1-3-4-5-6-7-2/h3-4H,1,5-6H2,2H3/b4-3+. The number of allylic oxidation sites excluding steroid dienone is 1. The Kier molecular flexibility index (Phi) is 5.46. The van der Waals surface area contributed by atoms with Crippen LogP contribution in [0.1, 0.15) is 6.42 Å². The molecule has 0 amide bonds. The van der Waals surface area contributed by atoms with Gasteiger partial charge < -0.3 is 4.74 Å². The van der Waals surface area contributed by atoms with E-state index < -0.39 is 0 Å². The first-order valence-electron chi connectivity index (χ1n) is 2.35. The minimum absolute atomic E-state index is 0.798. The van der Waals surface area contributed by atoms with E-state index in [0.717, 1.165) is 13.0 Å². The number of hydrogen-bond acceptors (Lipinski definition) is 1. The highest BCUT2D eigenvalue weighted by Gasteiger charge is 1.72. The Labute approximate surface area is 45.0 Å². The highest BCUT2D eigenvalue weighted by molar-refractivity contribution is 4.82. The number of rotatable bonds is 3.